The Balaban J connectivity index is 1.42. The zero-order chi connectivity index (χ0) is 21.1. The van der Waals surface area contributed by atoms with Crippen LogP contribution in [0.3, 0.4) is 0 Å². The molecule has 0 saturated carbocycles. The Labute approximate surface area is 179 Å². The van der Waals surface area contributed by atoms with E-state index in [0.29, 0.717) is 24.9 Å². The third kappa shape index (κ3) is 2.79. The summed E-state index contributed by atoms with van der Waals surface area (Å²) in [7, 11) is 1.86. The van der Waals surface area contributed by atoms with Gasteiger partial charge in [-0.2, -0.15) is 10.2 Å². The molecule has 1 amide bonds. The zero-order valence-electron chi connectivity index (χ0n) is 16.5. The molecule has 0 spiro atoms. The van der Waals surface area contributed by atoms with Crippen LogP contribution in [0.1, 0.15) is 21.8 Å². The molecule has 9 nitrogen and oxygen atoms in total. The van der Waals surface area contributed by atoms with E-state index >= 15 is 0 Å². The van der Waals surface area contributed by atoms with E-state index in [4.69, 9.17) is 4.98 Å². The Morgan fingerprint density at radius 2 is 2.13 bits per heavy atom. The lowest BCUT2D eigenvalue weighted by Crippen LogP contribution is -2.25. The van der Waals surface area contributed by atoms with Crippen LogP contribution in [0, 0.1) is 0 Å². The van der Waals surface area contributed by atoms with Crippen molar-refractivity contribution in [1.29, 1.82) is 0 Å². The quantitative estimate of drug-likeness (QED) is 0.453. The Bertz CT molecular complexity index is 1540. The van der Waals surface area contributed by atoms with E-state index in [-0.39, 0.29) is 11.5 Å². The third-order valence-electron chi connectivity index (χ3n) is 5.67. The number of H-pyrrole nitrogens is 1. The molecular formula is C21H17N7O2S. The minimum absolute atomic E-state index is 0.0297. The summed E-state index contributed by atoms with van der Waals surface area (Å²) < 4.78 is 4.26. The Morgan fingerprint density at radius 1 is 1.23 bits per heavy atom. The summed E-state index contributed by atoms with van der Waals surface area (Å²) in [6, 6.07) is 7.62. The summed E-state index contributed by atoms with van der Waals surface area (Å²) >= 11 is 1.57. The molecule has 31 heavy (non-hydrogen) atoms. The second-order valence-electron chi connectivity index (χ2n) is 7.62. The van der Waals surface area contributed by atoms with Crippen LogP contribution in [-0.4, -0.2) is 35.4 Å². The van der Waals surface area contributed by atoms with Crippen molar-refractivity contribution in [1.82, 2.24) is 29.5 Å². The molecule has 4 aromatic heterocycles. The normalized spacial score (nSPS) is 13.3. The first kappa shape index (κ1) is 18.0. The lowest BCUT2D eigenvalue weighted by atomic mass is 10.0. The molecule has 0 radical (unpaired) electrons. The first-order valence-electron chi connectivity index (χ1n) is 9.81. The molecule has 154 valence electrons. The number of nitrogens with one attached hydrogen (secondary N) is 2. The highest BCUT2D eigenvalue weighted by Crippen LogP contribution is 2.32. The Morgan fingerprint density at radius 3 is 2.97 bits per heavy atom. The smallest absolute Gasteiger partial charge is 0.291 e. The number of hydrogen-bond donors (Lipinski definition) is 2. The van der Waals surface area contributed by atoms with E-state index in [9.17, 15) is 9.59 Å². The van der Waals surface area contributed by atoms with Gasteiger partial charge in [0.2, 0.25) is 5.91 Å². The van der Waals surface area contributed by atoms with E-state index in [2.05, 4.69) is 20.6 Å². The van der Waals surface area contributed by atoms with E-state index in [1.807, 2.05) is 35.9 Å². The van der Waals surface area contributed by atoms with Crippen LogP contribution in [0.25, 0.3) is 21.3 Å². The van der Waals surface area contributed by atoms with Crippen molar-refractivity contribution in [2.75, 3.05) is 5.32 Å². The van der Waals surface area contributed by atoms with Crippen molar-refractivity contribution in [2.45, 2.75) is 19.4 Å². The van der Waals surface area contributed by atoms with Gasteiger partial charge in [-0.25, -0.2) is 9.67 Å². The van der Waals surface area contributed by atoms with E-state index < -0.39 is 0 Å². The predicted molar refractivity (Wildman–Crippen MR) is 117 cm³/mol. The van der Waals surface area contributed by atoms with Crippen molar-refractivity contribution in [3.05, 3.63) is 68.8 Å². The lowest BCUT2D eigenvalue weighted by molar-refractivity contribution is -0.115. The second-order valence-corrected chi connectivity index (χ2v) is 8.70. The molecule has 5 aromatic rings. The van der Waals surface area contributed by atoms with Crippen molar-refractivity contribution in [3.8, 4) is 0 Å². The van der Waals surface area contributed by atoms with Gasteiger partial charge >= 0.3 is 0 Å². The first-order chi connectivity index (χ1) is 15.1. The van der Waals surface area contributed by atoms with E-state index in [1.165, 1.54) is 4.68 Å². The van der Waals surface area contributed by atoms with Gasteiger partial charge in [-0.1, -0.05) is 12.1 Å². The minimum atomic E-state index is -0.171. The number of fused-ring (bicyclic) bond motifs is 4. The molecule has 0 saturated heterocycles. The van der Waals surface area contributed by atoms with Gasteiger partial charge in [0, 0.05) is 36.4 Å². The first-order valence-corrected chi connectivity index (χ1v) is 10.6. The summed E-state index contributed by atoms with van der Waals surface area (Å²) in [4.78, 5) is 29.8. The molecule has 2 N–H and O–H groups in total. The minimum Gasteiger partial charge on any atom is -0.326 e. The molecule has 5 heterocycles. The maximum Gasteiger partial charge on any atom is 0.291 e. The molecule has 0 aliphatic carbocycles. The maximum atomic E-state index is 13.3. The molecule has 1 aliphatic rings. The topological polar surface area (TPSA) is 110 Å². The number of aromatic amines is 1. The molecule has 1 aromatic carbocycles. The Kier molecular flexibility index (Phi) is 3.84. The summed E-state index contributed by atoms with van der Waals surface area (Å²) in [6.07, 6.45) is 4.45. The van der Waals surface area contributed by atoms with Gasteiger partial charge in [0.25, 0.3) is 5.56 Å². The molecule has 0 bridgehead atoms. The standard InChI is InChI=1S/C21H17N7O2S/c1-27-18-14(19-20(27)25-17(31-19)7-12-5-6-22-26-12)9-23-28(21(18)30)10-11-3-2-4-15-13(11)8-16(29)24-15/h2-6,9H,7-8,10H2,1H3,(H,22,26)(H,24,29). The molecule has 0 atom stereocenters. The number of rotatable bonds is 4. The number of benzene rings is 1. The van der Waals surface area contributed by atoms with Crippen LogP contribution < -0.4 is 10.9 Å². The van der Waals surface area contributed by atoms with Crippen molar-refractivity contribution in [2.24, 2.45) is 7.05 Å². The number of carbonyl (C=O) groups is 1. The molecule has 10 heteroatoms. The van der Waals surface area contributed by atoms with Crippen LogP contribution >= 0.6 is 11.3 Å². The summed E-state index contributed by atoms with van der Waals surface area (Å²) in [5.74, 6) is -0.0297. The number of aromatic nitrogens is 6. The molecule has 6 rings (SSSR count). The fourth-order valence-corrected chi connectivity index (χ4v) is 5.32. The molecule has 0 unspecified atom stereocenters. The summed E-state index contributed by atoms with van der Waals surface area (Å²) in [6.45, 7) is 0.310. The van der Waals surface area contributed by atoms with Crippen molar-refractivity contribution >= 4 is 44.2 Å². The predicted octanol–water partition coefficient (Wildman–Crippen LogP) is 2.20. The Hall–Kier alpha value is -3.79. The largest absolute Gasteiger partial charge is 0.326 e. The van der Waals surface area contributed by atoms with Crippen molar-refractivity contribution in [3.63, 3.8) is 0 Å². The average molecular weight is 431 g/mol. The fraction of sp³-hybridized carbons (Fsp3) is 0.190. The van der Waals surface area contributed by atoms with Crippen LogP contribution in [0.5, 0.6) is 0 Å². The number of thiazole rings is 1. The molecule has 1 aliphatic heterocycles. The monoisotopic (exact) mass is 431 g/mol. The van der Waals surface area contributed by atoms with Gasteiger partial charge in [-0.05, 0) is 23.3 Å². The number of aryl methyl sites for hydroxylation is 1. The summed E-state index contributed by atoms with van der Waals surface area (Å²) in [5, 5.41) is 16.0. The van der Waals surface area contributed by atoms with Gasteiger partial charge in [0.1, 0.15) is 10.5 Å². The van der Waals surface area contributed by atoms with Gasteiger partial charge in [-0.15, -0.1) is 11.3 Å². The van der Waals surface area contributed by atoms with Crippen molar-refractivity contribution < 1.29 is 4.79 Å². The average Bonchev–Trinajstić information content (AvgIpc) is 3.51. The highest BCUT2D eigenvalue weighted by molar-refractivity contribution is 7.19. The number of anilines is 1. The van der Waals surface area contributed by atoms with Gasteiger partial charge in [0.15, 0.2) is 5.65 Å². The maximum absolute atomic E-state index is 13.3. The second kappa shape index (κ2) is 6.61. The summed E-state index contributed by atoms with van der Waals surface area (Å²) in [5.41, 5.74) is 4.84. The van der Waals surface area contributed by atoms with E-state index in [1.54, 1.807) is 23.7 Å². The third-order valence-corrected chi connectivity index (χ3v) is 6.75. The number of amides is 1. The zero-order valence-corrected chi connectivity index (χ0v) is 17.4. The molecular weight excluding hydrogens is 414 g/mol. The van der Waals surface area contributed by atoms with E-state index in [0.717, 1.165) is 43.2 Å². The lowest BCUT2D eigenvalue weighted by Gasteiger charge is -2.09. The number of carbonyl (C=O) groups excluding carboxylic acids is 1. The van der Waals surface area contributed by atoms with Gasteiger partial charge in [-0.3, -0.25) is 14.7 Å². The van der Waals surface area contributed by atoms with Crippen LogP contribution in [0.2, 0.25) is 0 Å². The van der Waals surface area contributed by atoms with Crippen LogP contribution in [0.15, 0.2) is 41.5 Å². The SMILES string of the molecule is Cn1c2nc(Cc3ccn[nH]3)sc2c2cnn(Cc3cccc4c3CC(=O)N4)c(=O)c21. The number of nitrogens with zero attached hydrogens (tertiary/aromatic N) is 5. The fourth-order valence-electron chi connectivity index (χ4n) is 4.19. The van der Waals surface area contributed by atoms with Crippen LogP contribution in [-0.2, 0) is 31.2 Å². The van der Waals surface area contributed by atoms with Gasteiger partial charge < -0.3 is 9.88 Å². The van der Waals surface area contributed by atoms with Crippen LogP contribution in [0.4, 0.5) is 5.69 Å². The number of hydrogen-bond acceptors (Lipinski definition) is 6. The highest BCUT2D eigenvalue weighted by atomic mass is 32.1. The highest BCUT2D eigenvalue weighted by Gasteiger charge is 2.22. The molecule has 0 fully saturated rings. The van der Waals surface area contributed by atoms with Gasteiger partial charge in [0.05, 0.1) is 23.9 Å².